The predicted molar refractivity (Wildman–Crippen MR) is 87.2 cm³/mol. The third kappa shape index (κ3) is 5.30. The number of hydrogen-bond donors (Lipinski definition) is 3. The quantitative estimate of drug-likeness (QED) is 0.527. The van der Waals surface area contributed by atoms with Gasteiger partial charge in [-0.05, 0) is 25.8 Å². The molecule has 1 atom stereocenters. The van der Waals surface area contributed by atoms with Gasteiger partial charge in [-0.2, -0.15) is 0 Å². The van der Waals surface area contributed by atoms with E-state index in [9.17, 15) is 20.0 Å². The lowest BCUT2D eigenvalue weighted by Gasteiger charge is -2.25. The zero-order valence-electron chi connectivity index (χ0n) is 13.2. The van der Waals surface area contributed by atoms with Crippen LogP contribution in [0, 0.1) is 10.1 Å². The predicted octanol–water partition coefficient (Wildman–Crippen LogP) is 2.21. The highest BCUT2D eigenvalue weighted by Gasteiger charge is 2.31. The topological polar surface area (TPSA) is 104 Å². The van der Waals surface area contributed by atoms with E-state index in [4.69, 9.17) is 0 Å². The minimum atomic E-state index is -0.648. The fourth-order valence-electron chi connectivity index (χ4n) is 2.83. The zero-order valence-corrected chi connectivity index (χ0v) is 13.2. The van der Waals surface area contributed by atoms with Crippen molar-refractivity contribution in [2.75, 3.05) is 11.9 Å². The molecule has 1 saturated carbocycles. The van der Waals surface area contributed by atoms with Crippen LogP contribution in [-0.2, 0) is 4.79 Å². The number of anilines is 1. The van der Waals surface area contributed by atoms with Crippen LogP contribution in [0.15, 0.2) is 24.3 Å². The number of nitrogens with zero attached hydrogens (tertiary/aromatic N) is 1. The van der Waals surface area contributed by atoms with Crippen LogP contribution < -0.4 is 10.6 Å². The monoisotopic (exact) mass is 321 g/mol. The molecule has 7 nitrogen and oxygen atoms in total. The number of non-ortho nitro benzene ring substituents is 1. The largest absolute Gasteiger partial charge is 0.389 e. The molecule has 0 saturated heterocycles. The SMILES string of the molecule is CC(CC(=O)Nc1cccc([N+](=O)[O-])c1)NCC1(O)CCCC1. The van der Waals surface area contributed by atoms with Gasteiger partial charge in [0.05, 0.1) is 10.5 Å². The molecule has 0 radical (unpaired) electrons. The summed E-state index contributed by atoms with van der Waals surface area (Å²) in [7, 11) is 0. The van der Waals surface area contributed by atoms with Gasteiger partial charge in [-0.15, -0.1) is 0 Å². The third-order valence-corrected chi connectivity index (χ3v) is 4.15. The Balaban J connectivity index is 1.79. The van der Waals surface area contributed by atoms with E-state index in [1.165, 1.54) is 18.2 Å². The minimum Gasteiger partial charge on any atom is -0.389 e. The average Bonchev–Trinajstić information content (AvgIpc) is 2.92. The molecule has 3 N–H and O–H groups in total. The molecule has 126 valence electrons. The molecule has 1 unspecified atom stereocenters. The molecule has 1 aromatic carbocycles. The van der Waals surface area contributed by atoms with Gasteiger partial charge < -0.3 is 15.7 Å². The van der Waals surface area contributed by atoms with Crippen molar-refractivity contribution in [1.29, 1.82) is 0 Å². The summed E-state index contributed by atoms with van der Waals surface area (Å²) in [6.45, 7) is 2.36. The second-order valence-corrected chi connectivity index (χ2v) is 6.27. The summed E-state index contributed by atoms with van der Waals surface area (Å²) in [6, 6.07) is 5.77. The first kappa shape index (κ1) is 17.4. The van der Waals surface area contributed by atoms with E-state index in [1.807, 2.05) is 6.92 Å². The molecule has 1 amide bonds. The third-order valence-electron chi connectivity index (χ3n) is 4.15. The normalized spacial score (nSPS) is 17.7. The number of benzene rings is 1. The molecule has 2 rings (SSSR count). The van der Waals surface area contributed by atoms with E-state index in [-0.39, 0.29) is 24.1 Å². The number of hydrogen-bond acceptors (Lipinski definition) is 5. The number of nitro benzene ring substituents is 1. The molecule has 1 fully saturated rings. The van der Waals surface area contributed by atoms with E-state index in [2.05, 4.69) is 10.6 Å². The maximum absolute atomic E-state index is 12.0. The van der Waals surface area contributed by atoms with Crippen LogP contribution in [0.1, 0.15) is 39.0 Å². The summed E-state index contributed by atoms with van der Waals surface area (Å²) in [4.78, 5) is 22.2. The van der Waals surface area contributed by atoms with E-state index in [0.717, 1.165) is 25.7 Å². The van der Waals surface area contributed by atoms with Crippen LogP contribution in [0.25, 0.3) is 0 Å². The first-order chi connectivity index (χ1) is 10.9. The lowest BCUT2D eigenvalue weighted by Crippen LogP contribution is -2.42. The number of nitrogens with one attached hydrogen (secondary N) is 2. The van der Waals surface area contributed by atoms with E-state index >= 15 is 0 Å². The standard InChI is InChI=1S/C16H23N3O4/c1-12(17-11-16(21)7-2-3-8-16)9-15(20)18-13-5-4-6-14(10-13)19(22)23/h4-6,10,12,17,21H,2-3,7-9,11H2,1H3,(H,18,20). The Kier molecular flexibility index (Phi) is 5.68. The molecule has 0 spiro atoms. The highest BCUT2D eigenvalue weighted by Crippen LogP contribution is 2.28. The Labute approximate surface area is 135 Å². The van der Waals surface area contributed by atoms with Crippen molar-refractivity contribution in [3.05, 3.63) is 34.4 Å². The van der Waals surface area contributed by atoms with Crippen molar-refractivity contribution < 1.29 is 14.8 Å². The summed E-state index contributed by atoms with van der Waals surface area (Å²) in [6.07, 6.45) is 3.91. The molecule has 23 heavy (non-hydrogen) atoms. The molecular weight excluding hydrogens is 298 g/mol. The van der Waals surface area contributed by atoms with Gasteiger partial charge in [0.15, 0.2) is 0 Å². The molecule has 1 aromatic rings. The molecule has 0 aromatic heterocycles. The van der Waals surface area contributed by atoms with Crippen molar-refractivity contribution in [3.8, 4) is 0 Å². The Morgan fingerprint density at radius 2 is 2.13 bits per heavy atom. The molecule has 0 heterocycles. The minimum absolute atomic E-state index is 0.0579. The number of amides is 1. The number of rotatable bonds is 7. The summed E-state index contributed by atoms with van der Waals surface area (Å²) < 4.78 is 0. The van der Waals surface area contributed by atoms with Crippen molar-refractivity contribution in [1.82, 2.24) is 5.32 Å². The van der Waals surface area contributed by atoms with Crippen molar-refractivity contribution >= 4 is 17.3 Å². The fraction of sp³-hybridized carbons (Fsp3) is 0.562. The summed E-state index contributed by atoms with van der Waals surface area (Å²) in [5.74, 6) is -0.219. The van der Waals surface area contributed by atoms with Crippen molar-refractivity contribution in [3.63, 3.8) is 0 Å². The van der Waals surface area contributed by atoms with Crippen LogP contribution in [0.4, 0.5) is 11.4 Å². The number of nitro groups is 1. The molecule has 1 aliphatic carbocycles. The maximum Gasteiger partial charge on any atom is 0.271 e. The van der Waals surface area contributed by atoms with Crippen LogP contribution in [0.3, 0.4) is 0 Å². The van der Waals surface area contributed by atoms with Gasteiger partial charge in [-0.25, -0.2) is 0 Å². The van der Waals surface area contributed by atoms with Crippen LogP contribution in [0.2, 0.25) is 0 Å². The van der Waals surface area contributed by atoms with E-state index in [0.29, 0.717) is 12.2 Å². The van der Waals surface area contributed by atoms with Gasteiger partial charge in [0.1, 0.15) is 0 Å². The Hall–Kier alpha value is -1.99. The van der Waals surface area contributed by atoms with Crippen LogP contribution in [-0.4, -0.2) is 34.1 Å². The molecule has 0 bridgehead atoms. The number of carbonyl (C=O) groups excluding carboxylic acids is 1. The highest BCUT2D eigenvalue weighted by atomic mass is 16.6. The zero-order chi connectivity index (χ0) is 16.9. The smallest absolute Gasteiger partial charge is 0.271 e. The Bertz CT molecular complexity index is 570. The first-order valence-corrected chi connectivity index (χ1v) is 7.88. The van der Waals surface area contributed by atoms with Crippen LogP contribution >= 0.6 is 0 Å². The van der Waals surface area contributed by atoms with Gasteiger partial charge >= 0.3 is 0 Å². The maximum atomic E-state index is 12.0. The summed E-state index contributed by atoms with van der Waals surface area (Å²) in [5.41, 5.74) is -0.298. The van der Waals surface area contributed by atoms with E-state index < -0.39 is 10.5 Å². The Morgan fingerprint density at radius 3 is 2.78 bits per heavy atom. The number of carbonyl (C=O) groups is 1. The van der Waals surface area contributed by atoms with Crippen molar-refractivity contribution in [2.45, 2.75) is 50.7 Å². The Morgan fingerprint density at radius 1 is 1.43 bits per heavy atom. The lowest BCUT2D eigenvalue weighted by molar-refractivity contribution is -0.384. The average molecular weight is 321 g/mol. The van der Waals surface area contributed by atoms with Gasteiger partial charge in [0, 0.05) is 36.8 Å². The second kappa shape index (κ2) is 7.52. The summed E-state index contributed by atoms with van der Waals surface area (Å²) >= 11 is 0. The highest BCUT2D eigenvalue weighted by molar-refractivity contribution is 5.91. The van der Waals surface area contributed by atoms with Gasteiger partial charge in [0.25, 0.3) is 5.69 Å². The molecule has 7 heteroatoms. The second-order valence-electron chi connectivity index (χ2n) is 6.27. The molecule has 1 aliphatic rings. The fourth-order valence-corrected chi connectivity index (χ4v) is 2.83. The van der Waals surface area contributed by atoms with Gasteiger partial charge in [-0.3, -0.25) is 14.9 Å². The summed E-state index contributed by atoms with van der Waals surface area (Å²) in [5, 5.41) is 26.8. The van der Waals surface area contributed by atoms with E-state index in [1.54, 1.807) is 6.07 Å². The van der Waals surface area contributed by atoms with Gasteiger partial charge in [0.2, 0.25) is 5.91 Å². The van der Waals surface area contributed by atoms with Crippen molar-refractivity contribution in [2.24, 2.45) is 0 Å². The van der Waals surface area contributed by atoms with Crippen LogP contribution in [0.5, 0.6) is 0 Å². The molecular formula is C16H23N3O4. The lowest BCUT2D eigenvalue weighted by atomic mass is 10.0. The molecule has 0 aliphatic heterocycles. The first-order valence-electron chi connectivity index (χ1n) is 7.88. The van der Waals surface area contributed by atoms with Gasteiger partial charge in [-0.1, -0.05) is 18.9 Å². The number of aliphatic hydroxyl groups is 1.